The van der Waals surface area contributed by atoms with E-state index in [4.69, 9.17) is 10.5 Å². The molecule has 1 aromatic rings. The summed E-state index contributed by atoms with van der Waals surface area (Å²) in [6.07, 6.45) is 0.688. The van der Waals surface area contributed by atoms with Gasteiger partial charge in [0.2, 0.25) is 11.8 Å². The first-order valence-electron chi connectivity index (χ1n) is 5.61. The Hall–Kier alpha value is -1.57. The van der Waals surface area contributed by atoms with Gasteiger partial charge < -0.3 is 15.8 Å². The van der Waals surface area contributed by atoms with E-state index in [1.165, 1.54) is 7.11 Å². The molecule has 0 saturated carbocycles. The molecule has 0 bridgehead atoms. The fourth-order valence-electron chi connectivity index (χ4n) is 1.92. The largest absolute Gasteiger partial charge is 0.481 e. The van der Waals surface area contributed by atoms with Gasteiger partial charge in [-0.05, 0) is 12.3 Å². The average Bonchev–Trinajstić information content (AvgIpc) is 2.65. The first kappa shape index (κ1) is 12.9. The second-order valence-electron chi connectivity index (χ2n) is 4.30. The van der Waals surface area contributed by atoms with Crippen LogP contribution in [0, 0.1) is 5.92 Å². The number of aromatic nitrogens is 2. The molecular formula is C10H16N4O3S. The third kappa shape index (κ3) is 3.22. The summed E-state index contributed by atoms with van der Waals surface area (Å²) in [6.45, 7) is 0.554. The Bertz CT molecular complexity index is 532. The molecule has 1 aliphatic heterocycles. The molecule has 2 heterocycles. The maximum absolute atomic E-state index is 11.3. The van der Waals surface area contributed by atoms with Crippen LogP contribution in [-0.4, -0.2) is 43.5 Å². The predicted octanol–water partition coefficient (Wildman–Crippen LogP) is -0.0860. The zero-order chi connectivity index (χ0) is 13.2. The van der Waals surface area contributed by atoms with E-state index in [2.05, 4.69) is 15.3 Å². The number of nitrogens with two attached hydrogens (primary N) is 1. The Balaban J connectivity index is 1.96. The molecule has 0 radical (unpaired) electrons. The number of nitrogens with one attached hydrogen (secondary N) is 1. The highest BCUT2D eigenvalue weighted by Crippen LogP contribution is 2.20. The van der Waals surface area contributed by atoms with Gasteiger partial charge >= 0.3 is 0 Å². The number of rotatable bonds is 4. The molecule has 7 nitrogen and oxygen atoms in total. The van der Waals surface area contributed by atoms with E-state index in [9.17, 15) is 8.42 Å². The molecule has 1 unspecified atom stereocenters. The number of anilines is 2. The summed E-state index contributed by atoms with van der Waals surface area (Å²) in [5.41, 5.74) is 5.52. The van der Waals surface area contributed by atoms with Gasteiger partial charge in [-0.25, -0.2) is 8.42 Å². The number of hydrogen-bond acceptors (Lipinski definition) is 7. The zero-order valence-corrected chi connectivity index (χ0v) is 10.9. The summed E-state index contributed by atoms with van der Waals surface area (Å²) in [6, 6.07) is 1.62. The van der Waals surface area contributed by atoms with Crippen LogP contribution in [0.1, 0.15) is 6.42 Å². The molecule has 1 saturated heterocycles. The number of ether oxygens (including phenoxy) is 1. The third-order valence-corrected chi connectivity index (χ3v) is 4.66. The van der Waals surface area contributed by atoms with Crippen LogP contribution in [0.2, 0.25) is 0 Å². The van der Waals surface area contributed by atoms with Gasteiger partial charge in [-0.2, -0.15) is 9.97 Å². The first-order chi connectivity index (χ1) is 8.48. The van der Waals surface area contributed by atoms with Gasteiger partial charge in [0.15, 0.2) is 9.84 Å². The average molecular weight is 272 g/mol. The lowest BCUT2D eigenvalue weighted by Gasteiger charge is -2.11. The highest BCUT2D eigenvalue weighted by molar-refractivity contribution is 7.91. The summed E-state index contributed by atoms with van der Waals surface area (Å²) in [4.78, 5) is 7.87. The van der Waals surface area contributed by atoms with E-state index >= 15 is 0 Å². The van der Waals surface area contributed by atoms with E-state index in [1.807, 2.05) is 0 Å². The molecule has 18 heavy (non-hydrogen) atoms. The van der Waals surface area contributed by atoms with Crippen LogP contribution >= 0.6 is 0 Å². The smallest absolute Gasteiger partial charge is 0.225 e. The molecule has 3 N–H and O–H groups in total. The molecule has 1 atom stereocenters. The molecule has 1 aliphatic rings. The van der Waals surface area contributed by atoms with Crippen molar-refractivity contribution in [3.63, 3.8) is 0 Å². The minimum Gasteiger partial charge on any atom is -0.481 e. The summed E-state index contributed by atoms with van der Waals surface area (Å²) in [5.74, 6) is 1.67. The Morgan fingerprint density at radius 1 is 1.56 bits per heavy atom. The van der Waals surface area contributed by atoms with Crippen LogP contribution in [0.4, 0.5) is 11.8 Å². The van der Waals surface area contributed by atoms with E-state index in [0.717, 1.165) is 0 Å². The summed E-state index contributed by atoms with van der Waals surface area (Å²) in [5, 5.41) is 3.06. The van der Waals surface area contributed by atoms with Crippen molar-refractivity contribution in [1.29, 1.82) is 0 Å². The highest BCUT2D eigenvalue weighted by Gasteiger charge is 2.27. The number of hydrogen-bond donors (Lipinski definition) is 2. The second kappa shape index (κ2) is 4.97. The molecule has 0 spiro atoms. The number of sulfone groups is 1. The van der Waals surface area contributed by atoms with Gasteiger partial charge in [-0.3, -0.25) is 0 Å². The Kier molecular flexibility index (Phi) is 3.55. The van der Waals surface area contributed by atoms with Crippen molar-refractivity contribution in [3.8, 4) is 5.88 Å². The Labute approximate surface area is 106 Å². The van der Waals surface area contributed by atoms with Crippen molar-refractivity contribution in [3.05, 3.63) is 6.07 Å². The van der Waals surface area contributed by atoms with Crippen LogP contribution in [0.3, 0.4) is 0 Å². The van der Waals surface area contributed by atoms with Crippen molar-refractivity contribution in [2.75, 3.05) is 36.2 Å². The van der Waals surface area contributed by atoms with Gasteiger partial charge in [-0.1, -0.05) is 0 Å². The molecule has 8 heteroatoms. The molecule has 1 aromatic heterocycles. The van der Waals surface area contributed by atoms with Crippen molar-refractivity contribution in [1.82, 2.24) is 9.97 Å². The zero-order valence-electron chi connectivity index (χ0n) is 10.1. The van der Waals surface area contributed by atoms with E-state index in [1.54, 1.807) is 6.07 Å². The lowest BCUT2D eigenvalue weighted by atomic mass is 10.1. The molecule has 0 aromatic carbocycles. The topological polar surface area (TPSA) is 107 Å². The third-order valence-electron chi connectivity index (χ3n) is 2.83. The number of nitrogen functional groups attached to an aromatic ring is 1. The minimum atomic E-state index is -2.84. The van der Waals surface area contributed by atoms with Crippen molar-refractivity contribution >= 4 is 21.6 Å². The lowest BCUT2D eigenvalue weighted by molar-refractivity contribution is 0.398. The molecule has 0 aliphatic carbocycles. The van der Waals surface area contributed by atoms with E-state index < -0.39 is 9.84 Å². The number of methoxy groups -OCH3 is 1. The quantitative estimate of drug-likeness (QED) is 0.789. The van der Waals surface area contributed by atoms with Crippen molar-refractivity contribution in [2.45, 2.75) is 6.42 Å². The van der Waals surface area contributed by atoms with Crippen LogP contribution in [0.25, 0.3) is 0 Å². The van der Waals surface area contributed by atoms with Crippen molar-refractivity contribution in [2.24, 2.45) is 5.92 Å². The van der Waals surface area contributed by atoms with Crippen LogP contribution in [0.15, 0.2) is 6.07 Å². The molecular weight excluding hydrogens is 256 g/mol. The fourth-order valence-corrected chi connectivity index (χ4v) is 3.78. The van der Waals surface area contributed by atoms with E-state index in [0.29, 0.717) is 24.7 Å². The van der Waals surface area contributed by atoms with Crippen LogP contribution in [0.5, 0.6) is 5.88 Å². The fraction of sp³-hybridized carbons (Fsp3) is 0.600. The Morgan fingerprint density at radius 3 is 2.94 bits per heavy atom. The summed E-state index contributed by atoms with van der Waals surface area (Å²) in [7, 11) is -1.35. The predicted molar refractivity (Wildman–Crippen MR) is 68.2 cm³/mol. The number of nitrogens with zero attached hydrogens (tertiary/aromatic N) is 2. The molecule has 2 rings (SSSR count). The van der Waals surface area contributed by atoms with E-state index in [-0.39, 0.29) is 23.4 Å². The standard InChI is InChI=1S/C10H16N4O3S/c1-17-9-4-8(13-10(11)14-9)12-5-7-2-3-18(15,16)6-7/h4,7H,2-3,5-6H2,1H3,(H3,11,12,13,14). The van der Waals surface area contributed by atoms with Gasteiger partial charge in [0, 0.05) is 12.6 Å². The first-order valence-corrected chi connectivity index (χ1v) is 7.43. The Morgan fingerprint density at radius 2 is 2.33 bits per heavy atom. The van der Waals surface area contributed by atoms with Gasteiger partial charge in [0.05, 0.1) is 18.6 Å². The summed E-state index contributed by atoms with van der Waals surface area (Å²) < 4.78 is 27.6. The van der Waals surface area contributed by atoms with Gasteiger partial charge in [0.25, 0.3) is 0 Å². The maximum atomic E-state index is 11.3. The highest BCUT2D eigenvalue weighted by atomic mass is 32.2. The maximum Gasteiger partial charge on any atom is 0.225 e. The second-order valence-corrected chi connectivity index (χ2v) is 6.53. The van der Waals surface area contributed by atoms with Gasteiger partial charge in [0.1, 0.15) is 5.82 Å². The monoisotopic (exact) mass is 272 g/mol. The van der Waals surface area contributed by atoms with Crippen molar-refractivity contribution < 1.29 is 13.2 Å². The SMILES string of the molecule is COc1cc(NCC2CCS(=O)(=O)C2)nc(N)n1. The molecule has 100 valence electrons. The molecule has 1 fully saturated rings. The summed E-state index contributed by atoms with van der Waals surface area (Å²) >= 11 is 0. The van der Waals surface area contributed by atoms with Gasteiger partial charge in [-0.15, -0.1) is 0 Å². The molecule has 0 amide bonds. The lowest BCUT2D eigenvalue weighted by Crippen LogP contribution is -2.16. The van der Waals surface area contributed by atoms with Crippen LogP contribution < -0.4 is 15.8 Å². The van der Waals surface area contributed by atoms with Crippen LogP contribution in [-0.2, 0) is 9.84 Å². The normalized spacial score (nSPS) is 21.7. The minimum absolute atomic E-state index is 0.121.